The van der Waals surface area contributed by atoms with E-state index in [4.69, 9.17) is 9.84 Å². The summed E-state index contributed by atoms with van der Waals surface area (Å²) in [6, 6.07) is 13.4. The molecular formula is C14H13BrO2. The summed E-state index contributed by atoms with van der Waals surface area (Å²) in [6.07, 6.45) is 0. The van der Waals surface area contributed by atoms with Gasteiger partial charge in [-0.25, -0.2) is 0 Å². The third-order valence-corrected chi connectivity index (χ3v) is 3.02. The normalized spacial score (nSPS) is 10.3. The minimum Gasteiger partial charge on any atom is -0.456 e. The van der Waals surface area contributed by atoms with Gasteiger partial charge in [0.05, 0.1) is 11.1 Å². The van der Waals surface area contributed by atoms with Crippen LogP contribution in [0, 0.1) is 6.92 Å². The number of benzene rings is 2. The first-order chi connectivity index (χ1) is 8.19. The second-order valence-electron chi connectivity index (χ2n) is 3.84. The second-order valence-corrected chi connectivity index (χ2v) is 4.70. The Morgan fingerprint density at radius 2 is 2.00 bits per heavy atom. The lowest BCUT2D eigenvalue weighted by molar-refractivity contribution is 0.281. The molecular weight excluding hydrogens is 280 g/mol. The van der Waals surface area contributed by atoms with Gasteiger partial charge >= 0.3 is 0 Å². The van der Waals surface area contributed by atoms with Crippen LogP contribution in [-0.4, -0.2) is 5.11 Å². The van der Waals surface area contributed by atoms with Gasteiger partial charge in [-0.1, -0.05) is 18.2 Å². The molecule has 17 heavy (non-hydrogen) atoms. The molecule has 0 aliphatic rings. The predicted molar refractivity (Wildman–Crippen MR) is 71.3 cm³/mol. The van der Waals surface area contributed by atoms with Gasteiger partial charge in [0, 0.05) is 0 Å². The van der Waals surface area contributed by atoms with Crippen molar-refractivity contribution < 1.29 is 9.84 Å². The van der Waals surface area contributed by atoms with E-state index in [1.54, 1.807) is 0 Å². The smallest absolute Gasteiger partial charge is 0.141 e. The topological polar surface area (TPSA) is 29.5 Å². The van der Waals surface area contributed by atoms with Gasteiger partial charge in [0.15, 0.2) is 0 Å². The Morgan fingerprint density at radius 3 is 2.65 bits per heavy atom. The number of hydrogen-bond donors (Lipinski definition) is 1. The van der Waals surface area contributed by atoms with E-state index < -0.39 is 0 Å². The predicted octanol–water partition coefficient (Wildman–Crippen LogP) is 4.04. The molecule has 2 aromatic carbocycles. The molecule has 0 amide bonds. The van der Waals surface area contributed by atoms with E-state index in [1.807, 2.05) is 49.4 Å². The molecule has 0 bridgehead atoms. The summed E-state index contributed by atoms with van der Waals surface area (Å²) in [4.78, 5) is 0. The molecule has 0 fully saturated rings. The van der Waals surface area contributed by atoms with Crippen molar-refractivity contribution in [2.75, 3.05) is 0 Å². The molecule has 2 rings (SSSR count). The third kappa shape index (κ3) is 3.08. The lowest BCUT2D eigenvalue weighted by atomic mass is 10.2. The van der Waals surface area contributed by atoms with Crippen LogP contribution in [0.15, 0.2) is 46.9 Å². The van der Waals surface area contributed by atoms with E-state index in [0.29, 0.717) is 0 Å². The summed E-state index contributed by atoms with van der Waals surface area (Å²) < 4.78 is 6.60. The van der Waals surface area contributed by atoms with E-state index in [9.17, 15) is 0 Å². The van der Waals surface area contributed by atoms with Crippen molar-refractivity contribution in [2.24, 2.45) is 0 Å². The maximum absolute atomic E-state index is 9.02. The summed E-state index contributed by atoms with van der Waals surface area (Å²) >= 11 is 3.43. The number of ether oxygens (including phenoxy) is 1. The van der Waals surface area contributed by atoms with Gasteiger partial charge in [-0.05, 0) is 58.2 Å². The van der Waals surface area contributed by atoms with E-state index in [-0.39, 0.29) is 6.61 Å². The first-order valence-electron chi connectivity index (χ1n) is 5.33. The van der Waals surface area contributed by atoms with Crippen molar-refractivity contribution in [3.63, 3.8) is 0 Å². The molecule has 0 atom stereocenters. The van der Waals surface area contributed by atoms with Crippen molar-refractivity contribution in [3.05, 3.63) is 58.1 Å². The molecule has 0 heterocycles. The molecule has 0 aliphatic carbocycles. The molecule has 0 aromatic heterocycles. The number of hydrogen-bond acceptors (Lipinski definition) is 2. The summed E-state index contributed by atoms with van der Waals surface area (Å²) in [5.74, 6) is 1.55. The van der Waals surface area contributed by atoms with E-state index in [2.05, 4.69) is 15.9 Å². The Kier molecular flexibility index (Phi) is 3.82. The maximum Gasteiger partial charge on any atom is 0.141 e. The van der Waals surface area contributed by atoms with Gasteiger partial charge in [0.1, 0.15) is 11.5 Å². The largest absolute Gasteiger partial charge is 0.456 e. The number of aliphatic hydroxyl groups is 1. The summed E-state index contributed by atoms with van der Waals surface area (Å²) in [6.45, 7) is 2.06. The molecule has 3 heteroatoms. The molecule has 88 valence electrons. The highest BCUT2D eigenvalue weighted by molar-refractivity contribution is 9.10. The van der Waals surface area contributed by atoms with Crippen LogP contribution < -0.4 is 4.74 Å². The average Bonchev–Trinajstić information content (AvgIpc) is 2.32. The van der Waals surface area contributed by atoms with Crippen LogP contribution in [0.25, 0.3) is 0 Å². The fraction of sp³-hybridized carbons (Fsp3) is 0.143. The van der Waals surface area contributed by atoms with Crippen LogP contribution in [0.3, 0.4) is 0 Å². The minimum absolute atomic E-state index is 0.0311. The van der Waals surface area contributed by atoms with Crippen molar-refractivity contribution in [2.45, 2.75) is 13.5 Å². The molecule has 0 saturated carbocycles. The lowest BCUT2D eigenvalue weighted by Crippen LogP contribution is -1.88. The fourth-order valence-corrected chi connectivity index (χ4v) is 2.04. The highest BCUT2D eigenvalue weighted by Crippen LogP contribution is 2.30. The van der Waals surface area contributed by atoms with Gasteiger partial charge in [-0.2, -0.15) is 0 Å². The molecule has 1 N–H and O–H groups in total. The maximum atomic E-state index is 9.02. The molecule has 0 saturated heterocycles. The van der Waals surface area contributed by atoms with Gasteiger partial charge in [-0.15, -0.1) is 0 Å². The van der Waals surface area contributed by atoms with E-state index in [1.165, 1.54) is 0 Å². The monoisotopic (exact) mass is 292 g/mol. The van der Waals surface area contributed by atoms with Crippen LogP contribution in [0.2, 0.25) is 0 Å². The number of aliphatic hydroxyl groups excluding tert-OH is 1. The highest BCUT2D eigenvalue weighted by Gasteiger charge is 2.04. The molecule has 0 unspecified atom stereocenters. The van der Waals surface area contributed by atoms with Crippen LogP contribution in [0.5, 0.6) is 11.5 Å². The van der Waals surface area contributed by atoms with Gasteiger partial charge < -0.3 is 9.84 Å². The molecule has 2 aromatic rings. The van der Waals surface area contributed by atoms with Crippen LogP contribution in [0.1, 0.15) is 11.1 Å². The van der Waals surface area contributed by atoms with Crippen LogP contribution >= 0.6 is 15.9 Å². The lowest BCUT2D eigenvalue weighted by Gasteiger charge is -2.09. The Morgan fingerprint density at radius 1 is 1.18 bits per heavy atom. The Labute approximate surface area is 109 Å². The SMILES string of the molecule is Cc1cccc(Oc2ccc(CO)cc2Br)c1. The molecule has 2 nitrogen and oxygen atoms in total. The van der Waals surface area contributed by atoms with E-state index >= 15 is 0 Å². The summed E-state index contributed by atoms with van der Waals surface area (Å²) in [5.41, 5.74) is 2.01. The zero-order valence-electron chi connectivity index (χ0n) is 9.48. The van der Waals surface area contributed by atoms with Crippen LogP contribution in [-0.2, 0) is 6.61 Å². The summed E-state index contributed by atoms with van der Waals surface area (Å²) in [7, 11) is 0. The molecule has 0 aliphatic heterocycles. The quantitative estimate of drug-likeness (QED) is 0.925. The highest BCUT2D eigenvalue weighted by atomic mass is 79.9. The number of rotatable bonds is 3. The summed E-state index contributed by atoms with van der Waals surface area (Å²) in [5, 5.41) is 9.02. The Balaban J connectivity index is 2.24. The van der Waals surface area contributed by atoms with Crippen molar-refractivity contribution in [1.82, 2.24) is 0 Å². The Bertz CT molecular complexity index is 523. The van der Waals surface area contributed by atoms with E-state index in [0.717, 1.165) is 27.1 Å². The van der Waals surface area contributed by atoms with Crippen LogP contribution in [0.4, 0.5) is 0 Å². The first-order valence-corrected chi connectivity index (χ1v) is 6.12. The van der Waals surface area contributed by atoms with Crippen molar-refractivity contribution in [1.29, 1.82) is 0 Å². The number of aryl methyl sites for hydroxylation is 1. The second kappa shape index (κ2) is 5.34. The van der Waals surface area contributed by atoms with Gasteiger partial charge in [0.2, 0.25) is 0 Å². The van der Waals surface area contributed by atoms with Gasteiger partial charge in [-0.3, -0.25) is 0 Å². The minimum atomic E-state index is 0.0311. The third-order valence-electron chi connectivity index (χ3n) is 2.40. The van der Waals surface area contributed by atoms with Crippen molar-refractivity contribution >= 4 is 15.9 Å². The first kappa shape index (κ1) is 12.1. The zero-order valence-corrected chi connectivity index (χ0v) is 11.1. The molecule has 0 radical (unpaired) electrons. The average molecular weight is 293 g/mol. The fourth-order valence-electron chi connectivity index (χ4n) is 1.53. The standard InChI is InChI=1S/C14H13BrO2/c1-10-3-2-4-12(7-10)17-14-6-5-11(9-16)8-13(14)15/h2-8,16H,9H2,1H3. The van der Waals surface area contributed by atoms with Crippen molar-refractivity contribution in [3.8, 4) is 11.5 Å². The van der Waals surface area contributed by atoms with Gasteiger partial charge in [0.25, 0.3) is 0 Å². The Hall–Kier alpha value is -1.32. The number of halogens is 1. The zero-order chi connectivity index (χ0) is 12.3. The molecule has 0 spiro atoms.